The Morgan fingerprint density at radius 1 is 1.00 bits per heavy atom. The van der Waals surface area contributed by atoms with Gasteiger partial charge in [0.05, 0.1) is 6.54 Å². The Hall–Kier alpha value is -3.09. The molecule has 2 aromatic rings. The van der Waals surface area contributed by atoms with Crippen molar-refractivity contribution in [3.8, 4) is 0 Å². The maximum Gasteiger partial charge on any atom is 0.410 e. The number of carbonyl (C=O) groups is 2. The molecular formula is C30H42FN3O3. The minimum atomic E-state index is -0.732. The van der Waals surface area contributed by atoms with Gasteiger partial charge in [0.25, 0.3) is 0 Å². The van der Waals surface area contributed by atoms with Crippen LogP contribution in [-0.2, 0) is 16.1 Å². The van der Waals surface area contributed by atoms with Crippen molar-refractivity contribution < 1.29 is 18.7 Å². The summed E-state index contributed by atoms with van der Waals surface area (Å²) in [6.07, 6.45) is 2.38. The summed E-state index contributed by atoms with van der Waals surface area (Å²) in [5, 5.41) is 0. The van der Waals surface area contributed by atoms with E-state index in [1.54, 1.807) is 44.9 Å². The van der Waals surface area contributed by atoms with E-state index in [2.05, 4.69) is 24.0 Å². The van der Waals surface area contributed by atoms with Crippen LogP contribution >= 0.6 is 0 Å². The number of likely N-dealkylation sites (N-methyl/N-ethyl adjacent to an activating group) is 1. The van der Waals surface area contributed by atoms with Crippen molar-refractivity contribution >= 4 is 23.4 Å². The first kappa shape index (κ1) is 28.5. The number of anilines is 2. The fourth-order valence-corrected chi connectivity index (χ4v) is 4.44. The zero-order valence-corrected chi connectivity index (χ0v) is 23.3. The van der Waals surface area contributed by atoms with Gasteiger partial charge in [-0.15, -0.1) is 0 Å². The summed E-state index contributed by atoms with van der Waals surface area (Å²) in [7, 11) is 1.61. The van der Waals surface area contributed by atoms with Crippen molar-refractivity contribution in [1.29, 1.82) is 0 Å². The summed E-state index contributed by atoms with van der Waals surface area (Å²) in [4.78, 5) is 32.4. The minimum Gasteiger partial charge on any atom is -0.444 e. The van der Waals surface area contributed by atoms with E-state index < -0.39 is 17.7 Å². The van der Waals surface area contributed by atoms with Crippen LogP contribution in [0.2, 0.25) is 0 Å². The van der Waals surface area contributed by atoms with Gasteiger partial charge in [0.15, 0.2) is 0 Å². The van der Waals surface area contributed by atoms with E-state index >= 15 is 0 Å². The molecule has 1 unspecified atom stereocenters. The molecule has 0 N–H and O–H groups in total. The van der Waals surface area contributed by atoms with Gasteiger partial charge in [0, 0.05) is 31.0 Å². The highest BCUT2D eigenvalue weighted by atomic mass is 19.1. The van der Waals surface area contributed by atoms with Crippen LogP contribution in [0.1, 0.15) is 66.4 Å². The van der Waals surface area contributed by atoms with Crippen LogP contribution in [0.4, 0.5) is 20.6 Å². The third-order valence-electron chi connectivity index (χ3n) is 6.47. The molecule has 1 atom stereocenters. The second kappa shape index (κ2) is 12.0. The summed E-state index contributed by atoms with van der Waals surface area (Å²) in [5.74, 6) is -0.439. The van der Waals surface area contributed by atoms with Gasteiger partial charge in [-0.1, -0.05) is 26.0 Å². The summed E-state index contributed by atoms with van der Waals surface area (Å²) in [6.45, 7) is 12.9. The molecule has 1 fully saturated rings. The SMILES string of the molecule is CCN(c1ccc(CN(C(=O)C(CC(C)C)N(C)C(=O)OC(C)(C)C)c2ccc(F)cc2)cc1)C1CC1. The van der Waals surface area contributed by atoms with Gasteiger partial charge >= 0.3 is 6.09 Å². The van der Waals surface area contributed by atoms with E-state index in [0.717, 1.165) is 12.1 Å². The maximum absolute atomic E-state index is 14.1. The van der Waals surface area contributed by atoms with Crippen LogP contribution in [-0.4, -0.2) is 48.2 Å². The molecule has 0 aliphatic heterocycles. The van der Waals surface area contributed by atoms with Crippen LogP contribution in [0.3, 0.4) is 0 Å². The van der Waals surface area contributed by atoms with E-state index in [4.69, 9.17) is 4.74 Å². The van der Waals surface area contributed by atoms with Gasteiger partial charge in [-0.2, -0.15) is 0 Å². The number of hydrogen-bond donors (Lipinski definition) is 0. The minimum absolute atomic E-state index is 0.163. The van der Waals surface area contributed by atoms with Crippen molar-refractivity contribution in [2.24, 2.45) is 5.92 Å². The number of amides is 2. The van der Waals surface area contributed by atoms with Crippen LogP contribution < -0.4 is 9.80 Å². The van der Waals surface area contributed by atoms with E-state index in [0.29, 0.717) is 24.7 Å². The molecule has 1 aliphatic carbocycles. The molecule has 0 saturated heterocycles. The number of nitrogens with zero attached hydrogens (tertiary/aromatic N) is 3. The topological polar surface area (TPSA) is 53.1 Å². The lowest BCUT2D eigenvalue weighted by molar-refractivity contribution is -0.124. The first-order valence-corrected chi connectivity index (χ1v) is 13.3. The first-order chi connectivity index (χ1) is 17.4. The summed E-state index contributed by atoms with van der Waals surface area (Å²) < 4.78 is 19.3. The molecular weight excluding hydrogens is 469 g/mol. The average Bonchev–Trinajstić information content (AvgIpc) is 3.66. The lowest BCUT2D eigenvalue weighted by atomic mass is 10.0. The molecule has 0 bridgehead atoms. The normalized spacial score (nSPS) is 14.3. The van der Waals surface area contributed by atoms with Crippen LogP contribution in [0.5, 0.6) is 0 Å². The van der Waals surface area contributed by atoms with Crippen molar-refractivity contribution in [2.45, 2.75) is 85.0 Å². The third-order valence-corrected chi connectivity index (χ3v) is 6.47. The summed E-state index contributed by atoms with van der Waals surface area (Å²) in [5.41, 5.74) is 2.03. The Labute approximate surface area is 221 Å². The molecule has 1 aliphatic rings. The monoisotopic (exact) mass is 511 g/mol. The quantitative estimate of drug-likeness (QED) is 0.359. The van der Waals surface area contributed by atoms with Crippen molar-refractivity contribution in [3.05, 3.63) is 59.9 Å². The molecule has 0 aromatic heterocycles. The molecule has 0 spiro atoms. The lowest BCUT2D eigenvalue weighted by Crippen LogP contribution is -2.51. The van der Waals surface area contributed by atoms with Gasteiger partial charge in [-0.05, 0) is 94.8 Å². The van der Waals surface area contributed by atoms with Gasteiger partial charge < -0.3 is 14.5 Å². The fourth-order valence-electron chi connectivity index (χ4n) is 4.44. The average molecular weight is 512 g/mol. The Morgan fingerprint density at radius 3 is 2.05 bits per heavy atom. The maximum atomic E-state index is 14.1. The molecule has 0 heterocycles. The van der Waals surface area contributed by atoms with Crippen LogP contribution in [0, 0.1) is 11.7 Å². The predicted octanol–water partition coefficient (Wildman–Crippen LogP) is 6.63. The number of carbonyl (C=O) groups excluding carboxylic acids is 2. The van der Waals surface area contributed by atoms with Crippen LogP contribution in [0.15, 0.2) is 48.5 Å². The molecule has 1 saturated carbocycles. The highest BCUT2D eigenvalue weighted by molar-refractivity contribution is 5.98. The number of halogens is 1. The summed E-state index contributed by atoms with van der Waals surface area (Å²) in [6, 6.07) is 14.1. The number of ether oxygens (including phenoxy) is 1. The van der Waals surface area contributed by atoms with Gasteiger partial charge in [0.1, 0.15) is 17.5 Å². The Kier molecular flexibility index (Phi) is 9.21. The van der Waals surface area contributed by atoms with E-state index in [9.17, 15) is 14.0 Å². The lowest BCUT2D eigenvalue weighted by Gasteiger charge is -2.34. The summed E-state index contributed by atoms with van der Waals surface area (Å²) >= 11 is 0. The number of rotatable bonds is 10. The van der Waals surface area contributed by atoms with E-state index in [1.165, 1.54) is 35.6 Å². The number of benzene rings is 2. The molecule has 202 valence electrons. The van der Waals surface area contributed by atoms with E-state index in [1.807, 2.05) is 26.0 Å². The largest absolute Gasteiger partial charge is 0.444 e. The van der Waals surface area contributed by atoms with Crippen molar-refractivity contribution in [1.82, 2.24) is 4.90 Å². The van der Waals surface area contributed by atoms with E-state index in [-0.39, 0.29) is 17.6 Å². The smallest absolute Gasteiger partial charge is 0.410 e. The van der Waals surface area contributed by atoms with Gasteiger partial charge in [-0.25, -0.2) is 9.18 Å². The van der Waals surface area contributed by atoms with Gasteiger partial charge in [0.2, 0.25) is 5.91 Å². The van der Waals surface area contributed by atoms with Gasteiger partial charge in [-0.3, -0.25) is 9.69 Å². The zero-order chi connectivity index (χ0) is 27.3. The highest BCUT2D eigenvalue weighted by Crippen LogP contribution is 2.32. The molecule has 0 radical (unpaired) electrons. The Balaban J connectivity index is 1.91. The second-order valence-corrected chi connectivity index (χ2v) is 11.3. The van der Waals surface area contributed by atoms with Crippen molar-refractivity contribution in [3.63, 3.8) is 0 Å². The number of hydrogen-bond acceptors (Lipinski definition) is 4. The predicted molar refractivity (Wildman–Crippen MR) is 147 cm³/mol. The van der Waals surface area contributed by atoms with Crippen LogP contribution in [0.25, 0.3) is 0 Å². The third kappa shape index (κ3) is 7.94. The Bertz CT molecular complexity index is 1040. The molecule has 7 heteroatoms. The fraction of sp³-hybridized carbons (Fsp3) is 0.533. The Morgan fingerprint density at radius 2 is 1.57 bits per heavy atom. The highest BCUT2D eigenvalue weighted by Gasteiger charge is 2.34. The molecule has 2 aromatic carbocycles. The second-order valence-electron chi connectivity index (χ2n) is 11.3. The standard InChI is InChI=1S/C30H42FN3O3/c1-8-33(25-17-18-25)24-13-9-22(10-14-24)20-34(26-15-11-23(31)12-16-26)28(35)27(19-21(2)3)32(7)29(36)37-30(4,5)6/h9-16,21,25,27H,8,17-20H2,1-7H3. The molecule has 37 heavy (non-hydrogen) atoms. The zero-order valence-electron chi connectivity index (χ0n) is 23.3. The molecule has 3 rings (SSSR count). The molecule has 2 amide bonds. The molecule has 6 nitrogen and oxygen atoms in total. The first-order valence-electron chi connectivity index (χ1n) is 13.3. The van der Waals surface area contributed by atoms with Crippen molar-refractivity contribution in [2.75, 3.05) is 23.4 Å².